The number of rotatable bonds is 3. The monoisotopic (exact) mass is 391 g/mol. The maximum atomic E-state index is 12.4. The van der Waals surface area contributed by atoms with Gasteiger partial charge >= 0.3 is 0 Å². The summed E-state index contributed by atoms with van der Waals surface area (Å²) in [5, 5.41) is 4.20. The number of anilines is 2. The van der Waals surface area contributed by atoms with E-state index >= 15 is 0 Å². The standard InChI is InChI=1S/C17H21N5O2S2/c1-11-4-3-5-13(10-11)19-16(25)21-20-15(23)14-12(2)18-17(26-14)22-6-8-24-9-7-22/h3-5,10H,6-9H2,1-2H3,(H,20,23)(H2,19,21,25). The molecule has 0 saturated carbocycles. The van der Waals surface area contributed by atoms with Crippen molar-refractivity contribution in [3.63, 3.8) is 0 Å². The molecule has 1 aliphatic rings. The Morgan fingerprint density at radius 2 is 2.04 bits per heavy atom. The van der Waals surface area contributed by atoms with E-state index in [1.807, 2.05) is 38.1 Å². The third-order valence-corrected chi connectivity index (χ3v) is 5.26. The summed E-state index contributed by atoms with van der Waals surface area (Å²) >= 11 is 6.59. The van der Waals surface area contributed by atoms with Gasteiger partial charge in [0, 0.05) is 18.8 Å². The summed E-state index contributed by atoms with van der Waals surface area (Å²) in [7, 11) is 0. The Labute approximate surface area is 161 Å². The Morgan fingerprint density at radius 3 is 2.77 bits per heavy atom. The van der Waals surface area contributed by atoms with Crippen molar-refractivity contribution in [3.8, 4) is 0 Å². The Kier molecular flexibility index (Phi) is 6.02. The van der Waals surface area contributed by atoms with Crippen LogP contribution in [0, 0.1) is 13.8 Å². The van der Waals surface area contributed by atoms with Crippen LogP contribution in [0.2, 0.25) is 0 Å². The van der Waals surface area contributed by atoms with Gasteiger partial charge in [-0.1, -0.05) is 23.5 Å². The fourth-order valence-corrected chi connectivity index (χ4v) is 3.72. The molecule has 1 fully saturated rings. The van der Waals surface area contributed by atoms with E-state index in [0.717, 1.165) is 29.5 Å². The molecule has 2 aromatic rings. The number of hydrogen-bond acceptors (Lipinski definition) is 6. The maximum absolute atomic E-state index is 12.4. The van der Waals surface area contributed by atoms with Crippen molar-refractivity contribution in [2.24, 2.45) is 0 Å². The molecule has 9 heteroatoms. The average Bonchev–Trinajstić information content (AvgIpc) is 3.02. The van der Waals surface area contributed by atoms with E-state index in [9.17, 15) is 4.79 Å². The van der Waals surface area contributed by atoms with Crippen molar-refractivity contribution >= 4 is 45.4 Å². The number of hydrazine groups is 1. The van der Waals surface area contributed by atoms with Crippen LogP contribution in [0.5, 0.6) is 0 Å². The minimum Gasteiger partial charge on any atom is -0.378 e. The quantitative estimate of drug-likeness (QED) is 0.547. The molecule has 0 atom stereocenters. The van der Waals surface area contributed by atoms with Gasteiger partial charge in [-0.3, -0.25) is 15.6 Å². The molecule has 26 heavy (non-hydrogen) atoms. The first-order chi connectivity index (χ1) is 12.5. The van der Waals surface area contributed by atoms with Crippen LogP contribution in [0.25, 0.3) is 0 Å². The highest BCUT2D eigenvalue weighted by atomic mass is 32.1. The molecule has 1 aromatic carbocycles. The predicted molar refractivity (Wildman–Crippen MR) is 108 cm³/mol. The topological polar surface area (TPSA) is 78.5 Å². The number of nitrogens with zero attached hydrogens (tertiary/aromatic N) is 2. The first-order valence-electron chi connectivity index (χ1n) is 8.27. The lowest BCUT2D eigenvalue weighted by molar-refractivity contribution is 0.0947. The summed E-state index contributed by atoms with van der Waals surface area (Å²) in [6.45, 7) is 6.77. The summed E-state index contributed by atoms with van der Waals surface area (Å²) in [5.74, 6) is -0.257. The minimum absolute atomic E-state index is 0.257. The molecular formula is C17H21N5O2S2. The van der Waals surface area contributed by atoms with E-state index in [0.29, 0.717) is 28.9 Å². The molecule has 0 unspecified atom stereocenters. The third-order valence-electron chi connectivity index (χ3n) is 3.84. The van der Waals surface area contributed by atoms with Crippen molar-refractivity contribution in [1.82, 2.24) is 15.8 Å². The van der Waals surface area contributed by atoms with E-state index < -0.39 is 0 Å². The number of ether oxygens (including phenoxy) is 1. The van der Waals surface area contributed by atoms with Gasteiger partial charge in [0.2, 0.25) is 0 Å². The van der Waals surface area contributed by atoms with E-state index in [4.69, 9.17) is 17.0 Å². The normalized spacial score (nSPS) is 14.0. The second-order valence-corrected chi connectivity index (χ2v) is 7.30. The summed E-state index contributed by atoms with van der Waals surface area (Å²) in [5.41, 5.74) is 8.04. The Balaban J connectivity index is 1.56. The van der Waals surface area contributed by atoms with Gasteiger partial charge in [-0.15, -0.1) is 0 Å². The first kappa shape index (κ1) is 18.6. The average molecular weight is 392 g/mol. The maximum Gasteiger partial charge on any atom is 0.281 e. The molecule has 7 nitrogen and oxygen atoms in total. The van der Waals surface area contributed by atoms with E-state index in [1.54, 1.807) is 0 Å². The number of thiocarbonyl (C=S) groups is 1. The summed E-state index contributed by atoms with van der Waals surface area (Å²) in [4.78, 5) is 19.7. The van der Waals surface area contributed by atoms with Crippen LogP contribution in [0.15, 0.2) is 24.3 Å². The molecule has 2 heterocycles. The van der Waals surface area contributed by atoms with Gasteiger partial charge in [-0.2, -0.15) is 0 Å². The van der Waals surface area contributed by atoms with E-state index in [-0.39, 0.29) is 5.91 Å². The lowest BCUT2D eigenvalue weighted by Gasteiger charge is -2.25. The Morgan fingerprint density at radius 1 is 1.27 bits per heavy atom. The van der Waals surface area contributed by atoms with Crippen LogP contribution in [0.3, 0.4) is 0 Å². The van der Waals surface area contributed by atoms with Gasteiger partial charge in [0.1, 0.15) is 4.88 Å². The zero-order chi connectivity index (χ0) is 18.5. The van der Waals surface area contributed by atoms with E-state index in [2.05, 4.69) is 26.1 Å². The second kappa shape index (κ2) is 8.43. The number of nitrogens with one attached hydrogen (secondary N) is 3. The van der Waals surface area contributed by atoms with Gasteiger partial charge in [-0.25, -0.2) is 4.98 Å². The van der Waals surface area contributed by atoms with Crippen molar-refractivity contribution < 1.29 is 9.53 Å². The molecule has 0 bridgehead atoms. The number of carbonyl (C=O) groups is 1. The van der Waals surface area contributed by atoms with Gasteiger partial charge < -0.3 is 15.0 Å². The molecule has 3 rings (SSSR count). The van der Waals surface area contributed by atoms with Crippen LogP contribution >= 0.6 is 23.6 Å². The van der Waals surface area contributed by atoms with Crippen LogP contribution in [-0.4, -0.2) is 42.3 Å². The van der Waals surface area contributed by atoms with Crippen LogP contribution in [-0.2, 0) is 4.74 Å². The molecule has 1 aromatic heterocycles. The van der Waals surface area contributed by atoms with Crippen LogP contribution < -0.4 is 21.1 Å². The fourth-order valence-electron chi connectivity index (χ4n) is 2.54. The number of aryl methyl sites for hydroxylation is 2. The number of hydrogen-bond donors (Lipinski definition) is 3. The number of benzene rings is 1. The lowest BCUT2D eigenvalue weighted by Crippen LogP contribution is -2.43. The highest BCUT2D eigenvalue weighted by Gasteiger charge is 2.20. The number of carbonyl (C=O) groups excluding carboxylic acids is 1. The van der Waals surface area contributed by atoms with Crippen molar-refractivity contribution in [3.05, 3.63) is 40.4 Å². The van der Waals surface area contributed by atoms with Crippen molar-refractivity contribution in [1.29, 1.82) is 0 Å². The SMILES string of the molecule is Cc1cccc(NC(=S)NNC(=O)c2sc(N3CCOCC3)nc2C)c1. The summed E-state index contributed by atoms with van der Waals surface area (Å²) < 4.78 is 5.35. The largest absolute Gasteiger partial charge is 0.378 e. The highest BCUT2D eigenvalue weighted by molar-refractivity contribution is 7.80. The van der Waals surface area contributed by atoms with Crippen LogP contribution in [0.1, 0.15) is 20.9 Å². The lowest BCUT2D eigenvalue weighted by atomic mass is 10.2. The van der Waals surface area contributed by atoms with Crippen molar-refractivity contribution in [2.75, 3.05) is 36.5 Å². The fraction of sp³-hybridized carbons (Fsp3) is 0.353. The zero-order valence-electron chi connectivity index (χ0n) is 14.7. The zero-order valence-corrected chi connectivity index (χ0v) is 16.3. The minimum atomic E-state index is -0.257. The molecule has 0 aliphatic carbocycles. The van der Waals surface area contributed by atoms with Gasteiger partial charge in [-0.05, 0) is 43.8 Å². The molecular weight excluding hydrogens is 370 g/mol. The smallest absolute Gasteiger partial charge is 0.281 e. The summed E-state index contributed by atoms with van der Waals surface area (Å²) in [6.07, 6.45) is 0. The molecule has 0 spiro atoms. The number of morpholine rings is 1. The molecule has 138 valence electrons. The third kappa shape index (κ3) is 4.69. The van der Waals surface area contributed by atoms with Gasteiger partial charge in [0.15, 0.2) is 10.2 Å². The highest BCUT2D eigenvalue weighted by Crippen LogP contribution is 2.26. The molecule has 1 aliphatic heterocycles. The second-order valence-electron chi connectivity index (χ2n) is 5.91. The number of thiazole rings is 1. The van der Waals surface area contributed by atoms with E-state index in [1.165, 1.54) is 11.3 Å². The first-order valence-corrected chi connectivity index (χ1v) is 9.49. The summed E-state index contributed by atoms with van der Waals surface area (Å²) in [6, 6.07) is 7.82. The molecule has 0 radical (unpaired) electrons. The number of amides is 1. The molecule has 1 saturated heterocycles. The molecule has 1 amide bonds. The van der Waals surface area contributed by atoms with Crippen molar-refractivity contribution in [2.45, 2.75) is 13.8 Å². The Bertz CT molecular complexity index is 802. The predicted octanol–water partition coefficient (Wildman–Crippen LogP) is 2.23. The number of aromatic nitrogens is 1. The van der Waals surface area contributed by atoms with Crippen LogP contribution in [0.4, 0.5) is 10.8 Å². The molecule has 3 N–H and O–H groups in total. The van der Waals surface area contributed by atoms with Gasteiger partial charge in [0.05, 0.1) is 18.9 Å². The Hall–Kier alpha value is -2.23. The van der Waals surface area contributed by atoms with Gasteiger partial charge in [0.25, 0.3) is 5.91 Å².